The standard InChI is InChI=1S/C8H7O2.2C2HF3O2.Tl/c1-10-8(9)7-5-3-2-4-6-7;2*3-2(4,5)1(6)7;/h2-5H,1H3;2*(H,6,7);/p-2. The average molecular weight is 566 g/mol. The summed E-state index contributed by atoms with van der Waals surface area (Å²) in [5.41, 5.74) is 0.463. The number of carbonyl (C=O) groups excluding carboxylic acids is 3. The topological polar surface area (TPSA) is 107 Å². The summed E-state index contributed by atoms with van der Waals surface area (Å²) >= 11 is 0. The van der Waals surface area contributed by atoms with E-state index in [9.17, 15) is 31.1 Å². The summed E-state index contributed by atoms with van der Waals surface area (Å²) in [6.45, 7) is 0. The first-order valence-corrected chi connectivity index (χ1v) is 5.34. The number of alkyl halides is 6. The molecule has 0 atom stereocenters. The van der Waals surface area contributed by atoms with Gasteiger partial charge in [-0.3, -0.25) is 0 Å². The molecule has 25 heavy (non-hydrogen) atoms. The summed E-state index contributed by atoms with van der Waals surface area (Å²) in [4.78, 5) is 28.3. The first-order valence-electron chi connectivity index (χ1n) is 5.34. The average Bonchev–Trinajstić information content (AvgIpc) is 2.46. The van der Waals surface area contributed by atoms with Crippen molar-refractivity contribution >= 4 is 45.2 Å². The van der Waals surface area contributed by atoms with Crippen molar-refractivity contribution in [3.63, 3.8) is 0 Å². The van der Waals surface area contributed by atoms with Gasteiger partial charge >= 0.3 is 18.3 Å². The van der Waals surface area contributed by atoms with Gasteiger partial charge in [-0.05, 0) is 12.1 Å². The SMILES string of the molecule is COC(=O)c1[c]cccc1.O=C([O-])C(F)(F)F.O=C([O-])C(F)(F)F.[Tl]. The Kier molecular flexibility index (Phi) is 14.0. The second kappa shape index (κ2) is 12.5. The number of methoxy groups -OCH3 is 1. The summed E-state index contributed by atoms with van der Waals surface area (Å²) in [6, 6.07) is 9.64. The van der Waals surface area contributed by atoms with E-state index in [2.05, 4.69) is 10.8 Å². The molecule has 2 radical (unpaired) electrons. The Balaban J connectivity index is -0.000000293. The fraction of sp³-hybridized carbons (Fsp3) is 0.250. The van der Waals surface area contributed by atoms with Crippen LogP contribution in [0.25, 0.3) is 0 Å². The van der Waals surface area contributed by atoms with Gasteiger partial charge in [-0.25, -0.2) is 4.79 Å². The Morgan fingerprint density at radius 3 is 1.52 bits per heavy atom. The van der Waals surface area contributed by atoms with Gasteiger partial charge < -0.3 is 24.5 Å². The number of hydrogen-bond acceptors (Lipinski definition) is 6. The number of rotatable bonds is 1. The second-order valence-electron chi connectivity index (χ2n) is 3.34. The largest absolute Gasteiger partial charge is 0.542 e. The van der Waals surface area contributed by atoms with Gasteiger partial charge in [0.05, 0.1) is 12.7 Å². The first-order chi connectivity index (χ1) is 10.7. The minimum atomic E-state index is -5.19. The van der Waals surface area contributed by atoms with Gasteiger partial charge in [-0.1, -0.05) is 18.2 Å². The first kappa shape index (κ1) is 28.0. The smallest absolute Gasteiger partial charge is 0.430 e. The number of esters is 1. The number of benzene rings is 1. The van der Waals surface area contributed by atoms with Crippen molar-refractivity contribution in [3.05, 3.63) is 35.9 Å². The van der Waals surface area contributed by atoms with E-state index >= 15 is 0 Å². The third-order valence-electron chi connectivity index (χ3n) is 1.58. The maximum absolute atomic E-state index is 10.8. The van der Waals surface area contributed by atoms with Crippen molar-refractivity contribution in [3.8, 4) is 0 Å². The third kappa shape index (κ3) is 15.4. The van der Waals surface area contributed by atoms with Gasteiger partial charge in [0, 0.05) is 27.3 Å². The predicted molar refractivity (Wildman–Crippen MR) is 64.5 cm³/mol. The molecule has 1 aromatic carbocycles. The molecule has 0 amide bonds. The minimum absolute atomic E-state index is 0. The number of carbonyl (C=O) groups is 3. The molecule has 1 aromatic rings. The van der Waals surface area contributed by atoms with E-state index in [1.807, 2.05) is 0 Å². The van der Waals surface area contributed by atoms with Gasteiger partial charge in [0.2, 0.25) is 0 Å². The van der Waals surface area contributed by atoms with Crippen LogP contribution >= 0.6 is 0 Å². The molecule has 0 aromatic heterocycles. The van der Waals surface area contributed by atoms with Gasteiger partial charge in [-0.15, -0.1) is 0 Å². The van der Waals surface area contributed by atoms with Crippen molar-refractivity contribution in [2.75, 3.05) is 7.11 Å². The number of ether oxygens (including phenoxy) is 1. The van der Waals surface area contributed by atoms with Crippen LogP contribution in [-0.4, -0.2) is 64.7 Å². The summed E-state index contributed by atoms with van der Waals surface area (Å²) in [6.07, 6.45) is -10.4. The van der Waals surface area contributed by atoms with Crippen LogP contribution in [0.3, 0.4) is 0 Å². The van der Waals surface area contributed by atoms with Crippen LogP contribution in [0.2, 0.25) is 0 Å². The van der Waals surface area contributed by atoms with Gasteiger partial charge in [-0.2, -0.15) is 26.3 Å². The molecular formula is C12H7F6O6Tl-2. The Hall–Kier alpha value is -1.87. The molecule has 0 fully saturated rings. The van der Waals surface area contributed by atoms with Crippen LogP contribution in [0.4, 0.5) is 26.3 Å². The second-order valence-corrected chi connectivity index (χ2v) is 3.34. The Labute approximate surface area is 156 Å². The van der Waals surface area contributed by atoms with Gasteiger partial charge in [0.15, 0.2) is 0 Å². The molecule has 0 N–H and O–H groups in total. The zero-order chi connectivity index (χ0) is 19.6. The molecular weight excluding hydrogens is 558 g/mol. The van der Waals surface area contributed by atoms with E-state index in [1.54, 1.807) is 24.3 Å². The van der Waals surface area contributed by atoms with Crippen LogP contribution in [0.1, 0.15) is 10.4 Å². The van der Waals surface area contributed by atoms with E-state index in [1.165, 1.54) is 7.11 Å². The fourth-order valence-electron chi connectivity index (χ4n) is 0.630. The van der Waals surface area contributed by atoms with Crippen LogP contribution in [0.15, 0.2) is 24.3 Å². The molecule has 0 heterocycles. The third-order valence-corrected chi connectivity index (χ3v) is 1.58. The summed E-state index contributed by atoms with van der Waals surface area (Å²) in [5.74, 6) is -6.36. The van der Waals surface area contributed by atoms with Crippen LogP contribution < -0.4 is 10.2 Å². The van der Waals surface area contributed by atoms with E-state index in [0.717, 1.165) is 0 Å². The minimum Gasteiger partial charge on any atom is -0.542 e. The molecule has 1 rings (SSSR count). The number of carboxylic acids is 2. The Morgan fingerprint density at radius 1 is 0.960 bits per heavy atom. The Bertz CT molecular complexity index is 519. The van der Waals surface area contributed by atoms with E-state index in [4.69, 9.17) is 19.8 Å². The molecule has 0 saturated heterocycles. The molecule has 13 heteroatoms. The number of aliphatic carboxylic acids is 2. The van der Waals surface area contributed by atoms with Crippen molar-refractivity contribution in [2.45, 2.75) is 12.4 Å². The maximum Gasteiger partial charge on any atom is 0.430 e. The van der Waals surface area contributed by atoms with Crippen molar-refractivity contribution in [1.82, 2.24) is 0 Å². The van der Waals surface area contributed by atoms with E-state index in [-0.39, 0.29) is 33.3 Å². The quantitative estimate of drug-likeness (QED) is 0.258. The van der Waals surface area contributed by atoms with E-state index in [0.29, 0.717) is 5.56 Å². The van der Waals surface area contributed by atoms with Crippen LogP contribution in [-0.2, 0) is 14.3 Å². The number of carboxylic acid groups (broad SMARTS) is 2. The maximum atomic E-state index is 10.8. The van der Waals surface area contributed by atoms with Crippen LogP contribution in [0, 0.1) is 6.07 Å². The molecule has 0 saturated carbocycles. The molecule has 0 aliphatic heterocycles. The number of hydrogen-bond donors (Lipinski definition) is 0. The molecule has 6 nitrogen and oxygen atoms in total. The Morgan fingerprint density at radius 2 is 1.32 bits per heavy atom. The molecule has 138 valence electrons. The van der Waals surface area contributed by atoms with Gasteiger partial charge in [0.1, 0.15) is 11.9 Å². The fourth-order valence-corrected chi connectivity index (χ4v) is 0.630. The zero-order valence-corrected chi connectivity index (χ0v) is 16.6. The monoisotopic (exact) mass is 566 g/mol. The molecule has 0 spiro atoms. The molecule has 0 aliphatic rings. The summed E-state index contributed by atoms with van der Waals surface area (Å²) in [5, 5.41) is 17.6. The van der Waals surface area contributed by atoms with Crippen LogP contribution in [0.5, 0.6) is 0 Å². The molecule has 0 aliphatic carbocycles. The van der Waals surface area contributed by atoms with E-state index < -0.39 is 24.3 Å². The summed E-state index contributed by atoms with van der Waals surface area (Å²) in [7, 11) is 1.35. The van der Waals surface area contributed by atoms with Gasteiger partial charge in [0.25, 0.3) is 0 Å². The zero-order valence-electron chi connectivity index (χ0n) is 12.1. The van der Waals surface area contributed by atoms with Crippen molar-refractivity contribution < 1.29 is 55.7 Å². The van der Waals surface area contributed by atoms with Crippen molar-refractivity contribution in [2.24, 2.45) is 0 Å². The van der Waals surface area contributed by atoms with Crippen molar-refractivity contribution in [1.29, 1.82) is 0 Å². The molecule has 0 unspecified atom stereocenters. The summed E-state index contributed by atoms with van der Waals surface area (Å²) < 4.78 is 67.6. The normalized spacial score (nSPS) is 9.88. The molecule has 0 bridgehead atoms. The predicted octanol–water partition coefficient (Wildman–Crippen LogP) is -0.510. The number of halogens is 6.